The molecule has 0 bridgehead atoms. The van der Waals surface area contributed by atoms with E-state index in [0.717, 1.165) is 48.6 Å². The summed E-state index contributed by atoms with van der Waals surface area (Å²) in [6.07, 6.45) is 11.9. The highest BCUT2D eigenvalue weighted by molar-refractivity contribution is 7.91. The molecule has 296 valence electrons. The van der Waals surface area contributed by atoms with Gasteiger partial charge in [-0.15, -0.1) is 0 Å². The molecule has 13 nitrogen and oxygen atoms in total. The number of amides is 4. The van der Waals surface area contributed by atoms with E-state index in [9.17, 15) is 27.6 Å². The Morgan fingerprint density at radius 3 is 2.64 bits per heavy atom. The Hall–Kier alpha value is -3.91. The summed E-state index contributed by atoms with van der Waals surface area (Å²) in [5, 5.41) is 7.24. The Morgan fingerprint density at radius 1 is 1.09 bits per heavy atom. The van der Waals surface area contributed by atoms with Crippen LogP contribution in [0.3, 0.4) is 0 Å². The number of hydrogen-bond donors (Lipinski definition) is 3. The molecule has 3 saturated carbocycles. The third-order valence-electron chi connectivity index (χ3n) is 12.9. The van der Waals surface area contributed by atoms with E-state index in [2.05, 4.69) is 15.4 Å². The molecule has 15 heteroatoms. The number of ether oxygens (including phenoxy) is 2. The van der Waals surface area contributed by atoms with Gasteiger partial charge in [0.2, 0.25) is 21.8 Å². The van der Waals surface area contributed by atoms with E-state index in [1.165, 1.54) is 4.90 Å². The van der Waals surface area contributed by atoms with Gasteiger partial charge in [-0.2, -0.15) is 0 Å². The number of pyridine rings is 1. The third kappa shape index (κ3) is 7.29. The number of hydrogen-bond acceptors (Lipinski definition) is 9. The van der Waals surface area contributed by atoms with Crippen molar-refractivity contribution in [2.75, 3.05) is 13.2 Å². The zero-order valence-electron chi connectivity index (χ0n) is 31.5. The lowest BCUT2D eigenvalue weighted by Crippen LogP contribution is -2.58. The Morgan fingerprint density at radius 2 is 1.89 bits per heavy atom. The standard InChI is InChI=1S/C40H50ClN5O8S/c1-24-33-28(29-19-27(41)13-14-30(29)42-24)15-16-39(54-33)21-32-34(47)44-40(36(49)45-55(51,52)38(2)17-18-38)20-26(40)11-6-4-3-5-7-12-31(35(48)46(32)23-39)43-37(50)53-22-25-9-8-10-25/h6,11,13-14,19,25-26,31-32H,3-5,7-10,12,15-18,20-23H2,1-2H3,(H,43,50)(H,44,47)(H,45,49)/b11-6-/t26-,31+,32+,39-,40-/m1/s1. The minimum atomic E-state index is -3.98. The number of alkyl carbamates (subject to hydrolysis) is 1. The first kappa shape index (κ1) is 38.0. The fourth-order valence-corrected chi connectivity index (χ4v) is 10.2. The highest BCUT2D eigenvalue weighted by Gasteiger charge is 2.64. The Bertz CT molecular complexity index is 2070. The van der Waals surface area contributed by atoms with E-state index in [0.29, 0.717) is 67.3 Å². The quantitative estimate of drug-likeness (QED) is 0.335. The van der Waals surface area contributed by atoms with Crippen molar-refractivity contribution in [1.29, 1.82) is 0 Å². The van der Waals surface area contributed by atoms with Gasteiger partial charge >= 0.3 is 6.09 Å². The lowest BCUT2D eigenvalue weighted by atomic mass is 9.86. The summed E-state index contributed by atoms with van der Waals surface area (Å²) in [4.78, 5) is 62.7. The third-order valence-corrected chi connectivity index (χ3v) is 15.3. The van der Waals surface area contributed by atoms with Gasteiger partial charge in [0.15, 0.2) is 0 Å². The van der Waals surface area contributed by atoms with Crippen molar-refractivity contribution < 1.29 is 37.1 Å². The lowest BCUT2D eigenvalue weighted by Gasteiger charge is -2.36. The highest BCUT2D eigenvalue weighted by atomic mass is 35.5. The van der Waals surface area contributed by atoms with Crippen LogP contribution in [0.4, 0.5) is 4.79 Å². The molecule has 1 saturated heterocycles. The van der Waals surface area contributed by atoms with Crippen molar-refractivity contribution in [3.05, 3.63) is 46.6 Å². The molecule has 55 heavy (non-hydrogen) atoms. The monoisotopic (exact) mass is 795 g/mol. The molecule has 1 aromatic carbocycles. The molecule has 1 aromatic heterocycles. The van der Waals surface area contributed by atoms with E-state index in [-0.39, 0.29) is 26.0 Å². The van der Waals surface area contributed by atoms with Gasteiger partial charge in [-0.3, -0.25) is 19.1 Å². The van der Waals surface area contributed by atoms with E-state index in [1.807, 2.05) is 31.2 Å². The Balaban J connectivity index is 1.11. The van der Waals surface area contributed by atoms with Crippen molar-refractivity contribution in [1.82, 2.24) is 25.2 Å². The fourth-order valence-electron chi connectivity index (χ4n) is 8.70. The van der Waals surface area contributed by atoms with Crippen molar-refractivity contribution in [3.63, 3.8) is 0 Å². The van der Waals surface area contributed by atoms with Gasteiger partial charge in [-0.25, -0.2) is 18.2 Å². The molecule has 3 aliphatic heterocycles. The van der Waals surface area contributed by atoms with Gasteiger partial charge in [0.25, 0.3) is 5.91 Å². The van der Waals surface area contributed by atoms with E-state index < -0.39 is 67.7 Å². The first-order chi connectivity index (χ1) is 26.2. The maximum atomic E-state index is 14.7. The average Bonchev–Trinajstić information content (AvgIpc) is 4.01. The van der Waals surface area contributed by atoms with Crippen LogP contribution in [0.15, 0.2) is 30.4 Å². The molecule has 3 N–H and O–H groups in total. The van der Waals surface area contributed by atoms with Crippen LogP contribution in [0.5, 0.6) is 5.75 Å². The van der Waals surface area contributed by atoms with E-state index in [4.69, 9.17) is 26.1 Å². The van der Waals surface area contributed by atoms with Crippen LogP contribution in [0.2, 0.25) is 5.02 Å². The molecular formula is C40H50ClN5O8S. The highest BCUT2D eigenvalue weighted by Crippen LogP contribution is 2.49. The molecule has 4 heterocycles. The summed E-state index contributed by atoms with van der Waals surface area (Å²) in [5.74, 6) is -1.30. The largest absolute Gasteiger partial charge is 0.483 e. The Kier molecular flexibility index (Phi) is 9.83. The van der Waals surface area contributed by atoms with Crippen LogP contribution in [0.1, 0.15) is 102 Å². The summed E-state index contributed by atoms with van der Waals surface area (Å²) in [5.41, 5.74) is -0.0591. The number of aromatic nitrogens is 1. The number of allylic oxidation sites excluding steroid dienone is 1. The van der Waals surface area contributed by atoms with E-state index >= 15 is 0 Å². The van der Waals surface area contributed by atoms with Gasteiger partial charge in [0.1, 0.15) is 29.0 Å². The van der Waals surface area contributed by atoms with Gasteiger partial charge < -0.3 is 25.0 Å². The molecule has 1 spiro atoms. The van der Waals surface area contributed by atoms with Crippen LogP contribution in [0.25, 0.3) is 10.9 Å². The second kappa shape index (κ2) is 14.2. The molecule has 0 unspecified atom stereocenters. The van der Waals surface area contributed by atoms with Gasteiger partial charge in [-0.05, 0) is 102 Å². The molecule has 3 aliphatic carbocycles. The number of aryl methyl sites for hydroxylation is 2. The summed E-state index contributed by atoms with van der Waals surface area (Å²) in [6, 6.07) is 3.50. The normalized spacial score (nSPS) is 31.0. The smallest absolute Gasteiger partial charge is 0.407 e. The number of nitrogens with zero attached hydrogens (tertiary/aromatic N) is 2. The number of sulfonamides is 1. The predicted octanol–water partition coefficient (Wildman–Crippen LogP) is 5.15. The summed E-state index contributed by atoms with van der Waals surface area (Å²) < 4.78 is 40.1. The number of halogens is 1. The molecule has 0 radical (unpaired) electrons. The molecule has 4 amide bonds. The zero-order chi connectivity index (χ0) is 38.8. The van der Waals surface area contributed by atoms with Crippen LogP contribution in [0, 0.1) is 18.8 Å². The molecule has 2 aromatic rings. The zero-order valence-corrected chi connectivity index (χ0v) is 33.0. The van der Waals surface area contributed by atoms with Gasteiger partial charge in [0.05, 0.1) is 29.1 Å². The van der Waals surface area contributed by atoms with E-state index in [1.54, 1.807) is 13.0 Å². The summed E-state index contributed by atoms with van der Waals surface area (Å²) >= 11 is 6.39. The summed E-state index contributed by atoms with van der Waals surface area (Å²) in [6.45, 7) is 3.82. The van der Waals surface area contributed by atoms with Crippen molar-refractivity contribution in [2.45, 2.75) is 132 Å². The first-order valence-electron chi connectivity index (χ1n) is 19.8. The lowest BCUT2D eigenvalue weighted by molar-refractivity contribution is -0.141. The molecule has 8 rings (SSSR count). The van der Waals surface area contributed by atoms with Crippen LogP contribution in [-0.4, -0.2) is 83.2 Å². The number of rotatable bonds is 6. The minimum absolute atomic E-state index is 0.0565. The average molecular weight is 796 g/mol. The summed E-state index contributed by atoms with van der Waals surface area (Å²) in [7, 11) is -3.98. The van der Waals surface area contributed by atoms with Crippen LogP contribution < -0.4 is 20.1 Å². The van der Waals surface area contributed by atoms with Crippen molar-refractivity contribution in [3.8, 4) is 5.75 Å². The van der Waals surface area contributed by atoms with Crippen LogP contribution in [-0.2, 0) is 35.6 Å². The number of carbonyl (C=O) groups excluding carboxylic acids is 4. The maximum absolute atomic E-state index is 14.7. The van der Waals surface area contributed by atoms with Gasteiger partial charge in [-0.1, -0.05) is 43.0 Å². The topological polar surface area (TPSA) is 173 Å². The second-order valence-corrected chi connectivity index (χ2v) is 19.6. The van der Waals surface area contributed by atoms with Crippen molar-refractivity contribution >= 4 is 56.3 Å². The molecule has 5 atom stereocenters. The minimum Gasteiger partial charge on any atom is -0.483 e. The number of fused-ring (bicyclic) bond motifs is 5. The van der Waals surface area contributed by atoms with Crippen LogP contribution >= 0.6 is 11.6 Å². The number of carbonyl (C=O) groups is 4. The predicted molar refractivity (Wildman–Crippen MR) is 205 cm³/mol. The first-order valence-corrected chi connectivity index (χ1v) is 21.6. The fraction of sp³-hybridized carbons (Fsp3) is 0.625. The maximum Gasteiger partial charge on any atom is 0.407 e. The second-order valence-electron chi connectivity index (χ2n) is 17.0. The SMILES string of the molecule is Cc1nc2ccc(Cl)cc2c2c1O[C@]1(CC2)C[C@H]2C(=O)N[C@]3(C(=O)NS(=O)(=O)C4(C)CC4)C[C@H]3/C=C\CCCCC[C@H](NC(=O)OCC3CCC3)C(=O)N2C1. The Labute approximate surface area is 326 Å². The molecule has 6 aliphatic rings. The number of benzene rings is 1. The molecular weight excluding hydrogens is 746 g/mol. The number of nitrogens with one attached hydrogen (secondary N) is 3. The van der Waals surface area contributed by atoms with Crippen molar-refractivity contribution in [2.24, 2.45) is 11.8 Å². The molecule has 4 fully saturated rings. The van der Waals surface area contributed by atoms with Gasteiger partial charge in [0, 0.05) is 28.3 Å².